The molecule has 0 bridgehead atoms. The van der Waals surface area contributed by atoms with Crippen LogP contribution in [0.5, 0.6) is 0 Å². The predicted octanol–water partition coefficient (Wildman–Crippen LogP) is 1.52. The molecule has 1 fully saturated rings. The number of nitrogens with zero attached hydrogens (tertiary/aromatic N) is 2. The summed E-state index contributed by atoms with van der Waals surface area (Å²) in [5.41, 5.74) is 4.98. The standard InChI is InChI=1S/C22H31F2N5O3/c1-3-17(25)20(21(26)27-8-9-29-12-10-28(4-2)11-13-29)22(31)32-14-18(30)19-15(23)6-5-7-16(19)24/h5-7,25,27H,3-4,8-14,26H2,1-2H3/b21-20+,25-17?. The highest BCUT2D eigenvalue weighted by molar-refractivity contribution is 6.19. The van der Waals surface area contributed by atoms with Gasteiger partial charge in [-0.25, -0.2) is 13.6 Å². The molecule has 1 aromatic rings. The Morgan fingerprint density at radius 1 is 1.12 bits per heavy atom. The fourth-order valence-electron chi connectivity index (χ4n) is 3.38. The Kier molecular flexibility index (Phi) is 9.73. The van der Waals surface area contributed by atoms with Crippen LogP contribution >= 0.6 is 0 Å². The van der Waals surface area contributed by atoms with E-state index in [2.05, 4.69) is 22.0 Å². The van der Waals surface area contributed by atoms with Crippen molar-refractivity contribution < 1.29 is 23.1 Å². The second-order valence-electron chi connectivity index (χ2n) is 7.42. The van der Waals surface area contributed by atoms with Gasteiger partial charge in [0.25, 0.3) is 0 Å². The molecule has 10 heteroatoms. The minimum Gasteiger partial charge on any atom is -0.454 e. The summed E-state index contributed by atoms with van der Waals surface area (Å²) >= 11 is 0. The molecule has 0 aromatic heterocycles. The second-order valence-corrected chi connectivity index (χ2v) is 7.42. The first-order valence-electron chi connectivity index (χ1n) is 10.7. The topological polar surface area (TPSA) is 112 Å². The molecule has 2 rings (SSSR count). The van der Waals surface area contributed by atoms with Crippen molar-refractivity contribution in [2.45, 2.75) is 20.3 Å². The molecule has 0 atom stereocenters. The third-order valence-electron chi connectivity index (χ3n) is 5.36. The van der Waals surface area contributed by atoms with Gasteiger partial charge in [0.1, 0.15) is 23.0 Å². The minimum absolute atomic E-state index is 0.0291. The molecule has 0 spiro atoms. The molecule has 1 aliphatic heterocycles. The van der Waals surface area contributed by atoms with Crippen molar-refractivity contribution in [3.63, 3.8) is 0 Å². The number of esters is 1. The molecular weight excluding hydrogens is 420 g/mol. The molecule has 1 aromatic carbocycles. The number of benzene rings is 1. The molecule has 0 saturated carbocycles. The van der Waals surface area contributed by atoms with Gasteiger partial charge in [-0.05, 0) is 25.1 Å². The van der Waals surface area contributed by atoms with Crippen molar-refractivity contribution in [3.05, 3.63) is 46.8 Å². The van der Waals surface area contributed by atoms with E-state index in [-0.39, 0.29) is 23.5 Å². The van der Waals surface area contributed by atoms with Crippen molar-refractivity contribution in [1.29, 1.82) is 5.41 Å². The van der Waals surface area contributed by atoms with Crippen LogP contribution in [0, 0.1) is 17.0 Å². The molecule has 4 N–H and O–H groups in total. The molecule has 176 valence electrons. The molecular formula is C22H31F2N5O3. The molecule has 1 heterocycles. The Bertz CT molecular complexity index is 847. The van der Waals surface area contributed by atoms with E-state index in [9.17, 15) is 18.4 Å². The van der Waals surface area contributed by atoms with Gasteiger partial charge in [0.05, 0.1) is 5.56 Å². The van der Waals surface area contributed by atoms with Crippen LogP contribution in [0.1, 0.15) is 30.6 Å². The summed E-state index contributed by atoms with van der Waals surface area (Å²) in [5.74, 6) is -4.12. The number of carbonyl (C=O) groups excluding carboxylic acids is 2. The fraction of sp³-hybridized carbons (Fsp3) is 0.500. The van der Waals surface area contributed by atoms with Gasteiger partial charge in [-0.15, -0.1) is 0 Å². The summed E-state index contributed by atoms with van der Waals surface area (Å²) in [7, 11) is 0. The van der Waals surface area contributed by atoms with Gasteiger partial charge in [-0.3, -0.25) is 9.69 Å². The highest BCUT2D eigenvalue weighted by Crippen LogP contribution is 2.14. The quantitative estimate of drug-likeness (QED) is 0.202. The van der Waals surface area contributed by atoms with Crippen LogP contribution in [0.2, 0.25) is 0 Å². The molecule has 1 aliphatic rings. The zero-order valence-corrected chi connectivity index (χ0v) is 18.5. The summed E-state index contributed by atoms with van der Waals surface area (Å²) in [6.45, 7) is 9.01. The van der Waals surface area contributed by atoms with Crippen LogP contribution in [0.4, 0.5) is 8.78 Å². The molecule has 0 aliphatic carbocycles. The SMILES string of the molecule is CCC(=N)/C(C(=O)OCC(=O)c1c(F)cccc1F)=C(/N)NCCN1CCN(CC)CC1. The van der Waals surface area contributed by atoms with Gasteiger partial charge in [0.2, 0.25) is 5.78 Å². The lowest BCUT2D eigenvalue weighted by Gasteiger charge is -2.34. The average Bonchev–Trinajstić information content (AvgIpc) is 2.78. The summed E-state index contributed by atoms with van der Waals surface area (Å²) in [4.78, 5) is 29.3. The molecule has 0 unspecified atom stereocenters. The van der Waals surface area contributed by atoms with Gasteiger partial charge in [0, 0.05) is 45.0 Å². The van der Waals surface area contributed by atoms with Crippen LogP contribution in [0.15, 0.2) is 29.6 Å². The molecule has 1 saturated heterocycles. The second kappa shape index (κ2) is 12.3. The zero-order valence-electron chi connectivity index (χ0n) is 18.5. The number of hydrogen-bond acceptors (Lipinski definition) is 8. The number of carbonyl (C=O) groups is 2. The third-order valence-corrected chi connectivity index (χ3v) is 5.36. The number of ether oxygens (including phenoxy) is 1. The maximum atomic E-state index is 13.7. The Labute approximate surface area is 186 Å². The Hall–Kier alpha value is -2.85. The highest BCUT2D eigenvalue weighted by Gasteiger charge is 2.23. The average molecular weight is 452 g/mol. The van der Waals surface area contributed by atoms with E-state index in [4.69, 9.17) is 15.9 Å². The first-order valence-corrected chi connectivity index (χ1v) is 10.7. The van der Waals surface area contributed by atoms with Gasteiger partial charge >= 0.3 is 5.97 Å². The summed E-state index contributed by atoms with van der Waals surface area (Å²) in [6.07, 6.45) is 0.210. The van der Waals surface area contributed by atoms with E-state index in [0.717, 1.165) is 50.9 Å². The Morgan fingerprint density at radius 3 is 2.28 bits per heavy atom. The van der Waals surface area contributed by atoms with Crippen molar-refractivity contribution in [3.8, 4) is 0 Å². The number of hydrogen-bond donors (Lipinski definition) is 3. The van der Waals surface area contributed by atoms with E-state index in [1.165, 1.54) is 0 Å². The molecule has 32 heavy (non-hydrogen) atoms. The summed E-state index contributed by atoms with van der Waals surface area (Å²) < 4.78 is 32.4. The lowest BCUT2D eigenvalue weighted by Crippen LogP contribution is -2.48. The van der Waals surface area contributed by atoms with Crippen molar-refractivity contribution in [2.75, 3.05) is 52.4 Å². The summed E-state index contributed by atoms with van der Waals surface area (Å²) in [5, 5.41) is 11.0. The van der Waals surface area contributed by atoms with Crippen LogP contribution in [0.3, 0.4) is 0 Å². The number of nitrogens with two attached hydrogens (primary N) is 1. The summed E-state index contributed by atoms with van der Waals surface area (Å²) in [6, 6.07) is 3.02. The van der Waals surface area contributed by atoms with Gasteiger partial charge in [0.15, 0.2) is 6.61 Å². The van der Waals surface area contributed by atoms with Crippen molar-refractivity contribution in [2.24, 2.45) is 5.73 Å². The first kappa shape index (κ1) is 25.4. The van der Waals surface area contributed by atoms with E-state index in [1.54, 1.807) is 6.92 Å². The monoisotopic (exact) mass is 451 g/mol. The van der Waals surface area contributed by atoms with Gasteiger partial charge in [-0.2, -0.15) is 0 Å². The smallest absolute Gasteiger partial charge is 0.344 e. The highest BCUT2D eigenvalue weighted by atomic mass is 19.1. The van der Waals surface area contributed by atoms with Crippen molar-refractivity contribution in [1.82, 2.24) is 15.1 Å². The number of piperazine rings is 1. The Balaban J connectivity index is 1.96. The Morgan fingerprint density at radius 2 is 1.72 bits per heavy atom. The normalized spacial score (nSPS) is 15.8. The maximum Gasteiger partial charge on any atom is 0.344 e. The number of Topliss-reactive ketones (excluding diaryl/α,β-unsaturated/α-hetero) is 1. The minimum atomic E-state index is -1.04. The number of nitrogens with one attached hydrogen (secondary N) is 2. The van der Waals surface area contributed by atoms with Crippen LogP contribution < -0.4 is 11.1 Å². The van der Waals surface area contributed by atoms with Crippen LogP contribution in [-0.4, -0.2) is 79.7 Å². The molecule has 8 nitrogen and oxygen atoms in total. The zero-order chi connectivity index (χ0) is 23.7. The van der Waals surface area contributed by atoms with E-state index in [1.807, 2.05) is 0 Å². The third kappa shape index (κ3) is 6.83. The van der Waals surface area contributed by atoms with Gasteiger partial charge in [-0.1, -0.05) is 19.9 Å². The number of halogens is 2. The first-order chi connectivity index (χ1) is 15.3. The number of likely N-dealkylation sites (N-methyl/N-ethyl adjacent to an activating group) is 1. The lowest BCUT2D eigenvalue weighted by molar-refractivity contribution is -0.137. The van der Waals surface area contributed by atoms with Crippen molar-refractivity contribution >= 4 is 17.5 Å². The largest absolute Gasteiger partial charge is 0.454 e. The number of ketones is 1. The van der Waals surface area contributed by atoms with E-state index >= 15 is 0 Å². The van der Waals surface area contributed by atoms with Crippen LogP contribution in [-0.2, 0) is 9.53 Å². The van der Waals surface area contributed by atoms with E-state index in [0.29, 0.717) is 13.1 Å². The van der Waals surface area contributed by atoms with E-state index < -0.39 is 35.6 Å². The maximum absolute atomic E-state index is 13.7. The number of rotatable bonds is 11. The fourth-order valence-corrected chi connectivity index (χ4v) is 3.38. The predicted molar refractivity (Wildman–Crippen MR) is 117 cm³/mol. The molecule has 0 radical (unpaired) electrons. The van der Waals surface area contributed by atoms with Crippen LogP contribution in [0.25, 0.3) is 0 Å². The lowest BCUT2D eigenvalue weighted by atomic mass is 10.1. The van der Waals surface area contributed by atoms with Gasteiger partial charge < -0.3 is 26.1 Å². The molecule has 0 amide bonds.